The molecule has 0 saturated carbocycles. The molecule has 1 aliphatic rings. The summed E-state index contributed by atoms with van der Waals surface area (Å²) in [6.07, 6.45) is 2.33. The van der Waals surface area contributed by atoms with Crippen LogP contribution >= 0.6 is 11.8 Å². The fourth-order valence-electron chi connectivity index (χ4n) is 3.32. The molecule has 1 aromatic heterocycles. The van der Waals surface area contributed by atoms with Crippen molar-refractivity contribution in [2.24, 2.45) is 0 Å². The summed E-state index contributed by atoms with van der Waals surface area (Å²) in [6, 6.07) is 6.30. The molecule has 0 aliphatic carbocycles. The van der Waals surface area contributed by atoms with Gasteiger partial charge in [0.1, 0.15) is 5.75 Å². The van der Waals surface area contributed by atoms with E-state index in [0.29, 0.717) is 6.54 Å². The van der Waals surface area contributed by atoms with E-state index in [1.165, 1.54) is 23.9 Å². The summed E-state index contributed by atoms with van der Waals surface area (Å²) in [5.41, 5.74) is 2.89. The summed E-state index contributed by atoms with van der Waals surface area (Å²) in [6.45, 7) is 3.11. The molecule has 1 aliphatic heterocycles. The number of thioether (sulfide) groups is 1. The van der Waals surface area contributed by atoms with Crippen LogP contribution in [0.25, 0.3) is 0 Å². The number of imidazole rings is 1. The first-order valence-corrected chi connectivity index (χ1v) is 10.9. The van der Waals surface area contributed by atoms with E-state index in [1.807, 2.05) is 13.8 Å². The first kappa shape index (κ1) is 22.6. The van der Waals surface area contributed by atoms with Gasteiger partial charge in [-0.1, -0.05) is 23.9 Å². The topological polar surface area (TPSA) is 56.6 Å². The Labute approximate surface area is 179 Å². The van der Waals surface area contributed by atoms with Crippen LogP contribution in [0.1, 0.15) is 29.8 Å². The zero-order valence-electron chi connectivity index (χ0n) is 17.4. The van der Waals surface area contributed by atoms with Gasteiger partial charge in [-0.15, -0.1) is 0 Å². The highest BCUT2D eigenvalue weighted by Crippen LogP contribution is 2.25. The molecule has 0 spiro atoms. The van der Waals surface area contributed by atoms with E-state index in [0.717, 1.165) is 48.1 Å². The van der Waals surface area contributed by atoms with E-state index in [4.69, 9.17) is 4.74 Å². The molecule has 30 heavy (non-hydrogen) atoms. The van der Waals surface area contributed by atoms with Gasteiger partial charge in [-0.05, 0) is 44.4 Å². The van der Waals surface area contributed by atoms with Gasteiger partial charge in [-0.25, -0.2) is 4.98 Å². The Morgan fingerprint density at radius 1 is 1.37 bits per heavy atom. The summed E-state index contributed by atoms with van der Waals surface area (Å²) in [5, 5.41) is 0.829. The average Bonchev–Trinajstić information content (AvgIpc) is 3.31. The SMILES string of the molecule is Cc1nc(SCC(=O)N(C)Cc2ccc(OC(F)F)cc2)n(CC2CCCO2)c1C. The maximum atomic E-state index is 12.6. The van der Waals surface area contributed by atoms with Crippen molar-refractivity contribution in [2.45, 2.75) is 57.7 Å². The molecule has 164 valence electrons. The summed E-state index contributed by atoms with van der Waals surface area (Å²) in [4.78, 5) is 18.8. The summed E-state index contributed by atoms with van der Waals surface area (Å²) in [7, 11) is 1.72. The molecule has 1 unspecified atom stereocenters. The molecule has 0 radical (unpaired) electrons. The van der Waals surface area contributed by atoms with Gasteiger partial charge in [0.25, 0.3) is 0 Å². The number of halogens is 2. The van der Waals surface area contributed by atoms with Crippen LogP contribution in [-0.4, -0.2) is 52.5 Å². The molecular formula is C21H27F2N3O3S. The predicted octanol–water partition coefficient (Wildman–Crippen LogP) is 4.03. The van der Waals surface area contributed by atoms with E-state index in [1.54, 1.807) is 24.1 Å². The van der Waals surface area contributed by atoms with E-state index >= 15 is 0 Å². The third kappa shape index (κ3) is 5.95. The standard InChI is InChI=1S/C21H27F2N3O3S/c1-14-15(2)26(12-18-5-4-10-28-18)21(24-14)30-13-19(27)25(3)11-16-6-8-17(9-7-16)29-20(22)23/h6-9,18,20H,4-5,10-13H2,1-3H3. The van der Waals surface area contributed by atoms with Crippen LogP contribution in [0.4, 0.5) is 8.78 Å². The number of carbonyl (C=O) groups is 1. The van der Waals surface area contributed by atoms with Crippen molar-refractivity contribution in [1.82, 2.24) is 14.5 Å². The van der Waals surface area contributed by atoms with Crippen LogP contribution in [0.15, 0.2) is 29.4 Å². The zero-order valence-corrected chi connectivity index (χ0v) is 18.3. The predicted molar refractivity (Wildman–Crippen MR) is 111 cm³/mol. The molecule has 1 fully saturated rings. The van der Waals surface area contributed by atoms with Crippen molar-refractivity contribution in [1.29, 1.82) is 0 Å². The lowest BCUT2D eigenvalue weighted by Crippen LogP contribution is -2.28. The van der Waals surface area contributed by atoms with Crippen LogP contribution < -0.4 is 4.74 Å². The van der Waals surface area contributed by atoms with Crippen LogP contribution in [-0.2, 0) is 22.6 Å². The number of aryl methyl sites for hydroxylation is 1. The molecule has 1 amide bonds. The van der Waals surface area contributed by atoms with Crippen molar-refractivity contribution in [2.75, 3.05) is 19.4 Å². The zero-order chi connectivity index (χ0) is 21.7. The second-order valence-electron chi connectivity index (χ2n) is 7.37. The highest BCUT2D eigenvalue weighted by Gasteiger charge is 2.21. The van der Waals surface area contributed by atoms with Gasteiger partial charge in [0.15, 0.2) is 5.16 Å². The molecule has 1 aromatic carbocycles. The van der Waals surface area contributed by atoms with Crippen molar-refractivity contribution in [3.63, 3.8) is 0 Å². The highest BCUT2D eigenvalue weighted by atomic mass is 32.2. The number of alkyl halides is 2. The summed E-state index contributed by atoms with van der Waals surface area (Å²) < 4.78 is 36.7. The Morgan fingerprint density at radius 3 is 2.73 bits per heavy atom. The number of nitrogens with zero attached hydrogens (tertiary/aromatic N) is 3. The number of ether oxygens (including phenoxy) is 2. The normalized spacial score (nSPS) is 16.3. The van der Waals surface area contributed by atoms with E-state index in [-0.39, 0.29) is 23.5 Å². The van der Waals surface area contributed by atoms with Gasteiger partial charge >= 0.3 is 6.61 Å². The first-order chi connectivity index (χ1) is 14.3. The Balaban J connectivity index is 1.55. The van der Waals surface area contributed by atoms with Crippen molar-refractivity contribution >= 4 is 17.7 Å². The second kappa shape index (κ2) is 10.3. The van der Waals surface area contributed by atoms with Crippen LogP contribution in [0.3, 0.4) is 0 Å². The lowest BCUT2D eigenvalue weighted by molar-refractivity contribution is -0.127. The molecule has 1 atom stereocenters. The lowest BCUT2D eigenvalue weighted by atomic mass is 10.2. The fourth-order valence-corrected chi connectivity index (χ4v) is 4.36. The molecule has 0 bridgehead atoms. The van der Waals surface area contributed by atoms with Crippen molar-refractivity contribution in [3.8, 4) is 5.75 Å². The summed E-state index contributed by atoms with van der Waals surface area (Å²) >= 11 is 1.42. The molecule has 2 aromatic rings. The second-order valence-corrected chi connectivity index (χ2v) is 8.31. The van der Waals surface area contributed by atoms with Crippen molar-refractivity contribution < 1.29 is 23.0 Å². The third-order valence-corrected chi connectivity index (χ3v) is 6.11. The van der Waals surface area contributed by atoms with Crippen LogP contribution in [0.5, 0.6) is 5.75 Å². The average molecular weight is 440 g/mol. The Morgan fingerprint density at radius 2 is 2.10 bits per heavy atom. The monoisotopic (exact) mass is 439 g/mol. The van der Waals surface area contributed by atoms with E-state index in [9.17, 15) is 13.6 Å². The minimum Gasteiger partial charge on any atom is -0.435 e. The van der Waals surface area contributed by atoms with Gasteiger partial charge in [-0.3, -0.25) is 4.79 Å². The largest absolute Gasteiger partial charge is 0.435 e. The third-order valence-electron chi connectivity index (χ3n) is 5.15. The Bertz CT molecular complexity index is 852. The van der Waals surface area contributed by atoms with E-state index < -0.39 is 6.61 Å². The molecular weight excluding hydrogens is 412 g/mol. The Kier molecular flexibility index (Phi) is 7.71. The number of carbonyl (C=O) groups excluding carboxylic acids is 1. The summed E-state index contributed by atoms with van der Waals surface area (Å²) in [5.74, 6) is 0.335. The van der Waals surface area contributed by atoms with Gasteiger partial charge in [-0.2, -0.15) is 8.78 Å². The van der Waals surface area contributed by atoms with Gasteiger partial charge < -0.3 is 18.9 Å². The molecule has 1 saturated heterocycles. The van der Waals surface area contributed by atoms with Crippen LogP contribution in [0, 0.1) is 13.8 Å². The maximum absolute atomic E-state index is 12.6. The molecule has 9 heteroatoms. The first-order valence-electron chi connectivity index (χ1n) is 9.89. The number of hydrogen-bond acceptors (Lipinski definition) is 5. The van der Waals surface area contributed by atoms with E-state index in [2.05, 4.69) is 14.3 Å². The quantitative estimate of drug-likeness (QED) is 0.552. The molecule has 6 nitrogen and oxygen atoms in total. The maximum Gasteiger partial charge on any atom is 0.387 e. The van der Waals surface area contributed by atoms with Gasteiger partial charge in [0.05, 0.1) is 24.1 Å². The number of benzene rings is 1. The lowest BCUT2D eigenvalue weighted by Gasteiger charge is -2.18. The number of aromatic nitrogens is 2. The Hall–Kier alpha value is -2.13. The van der Waals surface area contributed by atoms with Gasteiger partial charge in [0.2, 0.25) is 5.91 Å². The van der Waals surface area contributed by atoms with Gasteiger partial charge in [0, 0.05) is 25.9 Å². The highest BCUT2D eigenvalue weighted by molar-refractivity contribution is 7.99. The molecule has 2 heterocycles. The number of amides is 1. The minimum absolute atomic E-state index is 0.0325. The fraction of sp³-hybridized carbons (Fsp3) is 0.524. The van der Waals surface area contributed by atoms with Crippen LogP contribution in [0.2, 0.25) is 0 Å². The molecule has 0 N–H and O–H groups in total. The smallest absolute Gasteiger partial charge is 0.387 e. The number of rotatable bonds is 9. The minimum atomic E-state index is -2.85. The van der Waals surface area contributed by atoms with Crippen molar-refractivity contribution in [3.05, 3.63) is 41.2 Å². The number of hydrogen-bond donors (Lipinski definition) is 0. The molecule has 3 rings (SSSR count).